The third kappa shape index (κ3) is 4.16. The number of nitrogens with zero attached hydrogens (tertiary/aromatic N) is 4. The molecule has 1 atom stereocenters. The average Bonchev–Trinajstić information content (AvgIpc) is 3.76. The first-order valence-electron chi connectivity index (χ1n) is 12.9. The third-order valence-corrected chi connectivity index (χ3v) is 7.50. The van der Waals surface area contributed by atoms with Gasteiger partial charge in [-0.3, -0.25) is 24.8 Å². The zero-order valence-corrected chi connectivity index (χ0v) is 21.8. The molecule has 204 valence electrons. The van der Waals surface area contributed by atoms with Gasteiger partial charge in [0.2, 0.25) is 11.8 Å². The summed E-state index contributed by atoms with van der Waals surface area (Å²) in [6.07, 6.45) is 5.09. The van der Waals surface area contributed by atoms with Crippen molar-refractivity contribution in [1.29, 1.82) is 0 Å². The molecule has 6 heterocycles. The fraction of sp³-hybridized carbons (Fsp3) is 0.172. The lowest BCUT2D eigenvalue weighted by atomic mass is 9.82. The van der Waals surface area contributed by atoms with Crippen molar-refractivity contribution in [2.45, 2.75) is 18.4 Å². The summed E-state index contributed by atoms with van der Waals surface area (Å²) in [4.78, 5) is 49.6. The third-order valence-electron chi connectivity index (χ3n) is 7.50. The molecular weight excluding hydrogens is 526 g/mol. The van der Waals surface area contributed by atoms with E-state index in [0.717, 1.165) is 16.7 Å². The normalized spacial score (nSPS) is 18.2. The average molecular weight is 550 g/mol. The Hall–Kier alpha value is -5.52. The number of pyridine rings is 2. The number of anilines is 2. The molecule has 7 rings (SSSR count). The Bertz CT molecular complexity index is 1830. The Morgan fingerprint density at radius 1 is 1.05 bits per heavy atom. The summed E-state index contributed by atoms with van der Waals surface area (Å²) in [7, 11) is 1.54. The number of furan rings is 1. The number of ether oxygens (including phenoxy) is 1. The number of hydrogen-bond acceptors (Lipinski definition) is 9. The molecule has 0 saturated carbocycles. The zero-order chi connectivity index (χ0) is 28.1. The number of fused-ring (bicyclic) bond motifs is 2. The highest BCUT2D eigenvalue weighted by Crippen LogP contribution is 2.39. The van der Waals surface area contributed by atoms with Crippen molar-refractivity contribution >= 4 is 40.5 Å². The number of amides is 3. The van der Waals surface area contributed by atoms with E-state index in [1.54, 1.807) is 53.8 Å². The van der Waals surface area contributed by atoms with Gasteiger partial charge < -0.3 is 19.4 Å². The second-order valence-corrected chi connectivity index (χ2v) is 10.1. The second-order valence-electron chi connectivity index (χ2n) is 10.1. The summed E-state index contributed by atoms with van der Waals surface area (Å²) in [5.74, 6) is 0.771. The Labute approximate surface area is 232 Å². The van der Waals surface area contributed by atoms with Crippen LogP contribution in [0.4, 0.5) is 11.6 Å². The van der Waals surface area contributed by atoms with Crippen molar-refractivity contribution in [3.63, 3.8) is 0 Å². The summed E-state index contributed by atoms with van der Waals surface area (Å²) in [6.45, 7) is 0.276. The molecule has 3 amide bonds. The minimum Gasteiger partial charge on any atom is -0.497 e. The molecular formula is C29H23N7O5. The number of hydrogen-bond donors (Lipinski definition) is 3. The molecule has 2 aliphatic rings. The first-order valence-corrected chi connectivity index (χ1v) is 12.9. The van der Waals surface area contributed by atoms with Gasteiger partial charge in [0, 0.05) is 48.2 Å². The van der Waals surface area contributed by atoms with Crippen LogP contribution in [0.25, 0.3) is 22.2 Å². The van der Waals surface area contributed by atoms with Gasteiger partial charge in [-0.05, 0) is 42.0 Å². The Kier molecular flexibility index (Phi) is 5.56. The summed E-state index contributed by atoms with van der Waals surface area (Å²) < 4.78 is 11.4. The lowest BCUT2D eigenvalue weighted by Crippen LogP contribution is -2.46. The highest BCUT2D eigenvalue weighted by Gasteiger charge is 2.53. The van der Waals surface area contributed by atoms with E-state index >= 15 is 0 Å². The summed E-state index contributed by atoms with van der Waals surface area (Å²) in [6, 6.07) is 14.2. The molecule has 1 fully saturated rings. The standard InChI is InChI=1S/C29H23N7O5/c1-40-19-4-2-17-14-36(27(38)20(17)8-19)15-29(10-26(37)35-28(29)39)23-9-21-22(41-23)5-7-25(33-21)34-24-6-3-16(11-30-24)18-12-31-32-13-18/h2-9,11-13H,10,14-15H2,1H3,(H,31,32)(H,30,33,34)(H,35,37,39)/t29-/m1/s1. The summed E-state index contributed by atoms with van der Waals surface area (Å²) >= 11 is 0. The van der Waals surface area contributed by atoms with Gasteiger partial charge in [0.1, 0.15) is 34.1 Å². The first-order chi connectivity index (χ1) is 19.9. The quantitative estimate of drug-likeness (QED) is 0.259. The van der Waals surface area contributed by atoms with Crippen molar-refractivity contribution in [2.75, 3.05) is 19.0 Å². The monoisotopic (exact) mass is 549 g/mol. The molecule has 1 aromatic carbocycles. The molecule has 0 aliphatic carbocycles. The fourth-order valence-electron chi connectivity index (χ4n) is 5.38. The minimum absolute atomic E-state index is 0.0295. The van der Waals surface area contributed by atoms with E-state index in [4.69, 9.17) is 9.15 Å². The molecule has 41 heavy (non-hydrogen) atoms. The highest BCUT2D eigenvalue weighted by atomic mass is 16.5. The van der Waals surface area contributed by atoms with Crippen LogP contribution in [0.15, 0.2) is 71.5 Å². The van der Waals surface area contributed by atoms with E-state index in [0.29, 0.717) is 40.6 Å². The molecule has 4 aromatic heterocycles. The number of carbonyl (C=O) groups is 3. The lowest BCUT2D eigenvalue weighted by Gasteiger charge is -2.28. The van der Waals surface area contributed by atoms with E-state index in [9.17, 15) is 14.4 Å². The van der Waals surface area contributed by atoms with Gasteiger partial charge >= 0.3 is 0 Å². The van der Waals surface area contributed by atoms with Crippen LogP contribution in [0.5, 0.6) is 5.75 Å². The van der Waals surface area contributed by atoms with Gasteiger partial charge in [0.15, 0.2) is 5.58 Å². The van der Waals surface area contributed by atoms with Crippen LogP contribution in [-0.2, 0) is 21.5 Å². The Balaban J connectivity index is 1.17. The van der Waals surface area contributed by atoms with Crippen LogP contribution in [0.2, 0.25) is 0 Å². The topological polar surface area (TPSA) is 155 Å². The predicted octanol–water partition coefficient (Wildman–Crippen LogP) is 3.31. The molecule has 0 radical (unpaired) electrons. The van der Waals surface area contributed by atoms with E-state index in [2.05, 4.69) is 30.8 Å². The summed E-state index contributed by atoms with van der Waals surface area (Å²) in [5.41, 5.74) is 2.73. The number of rotatable bonds is 7. The van der Waals surface area contributed by atoms with Crippen LogP contribution in [-0.4, -0.2) is 56.4 Å². The van der Waals surface area contributed by atoms with E-state index in [1.165, 1.54) is 7.11 Å². The maximum atomic E-state index is 13.3. The first kappa shape index (κ1) is 24.5. The van der Waals surface area contributed by atoms with Gasteiger partial charge in [-0.1, -0.05) is 6.07 Å². The van der Waals surface area contributed by atoms with Gasteiger partial charge in [0.25, 0.3) is 5.91 Å². The molecule has 12 heteroatoms. The molecule has 1 saturated heterocycles. The molecule has 2 aliphatic heterocycles. The van der Waals surface area contributed by atoms with E-state index in [-0.39, 0.29) is 24.6 Å². The van der Waals surface area contributed by atoms with Crippen molar-refractivity contribution in [2.24, 2.45) is 0 Å². The van der Waals surface area contributed by atoms with Crippen LogP contribution < -0.4 is 15.4 Å². The molecule has 12 nitrogen and oxygen atoms in total. The largest absolute Gasteiger partial charge is 0.497 e. The summed E-state index contributed by atoms with van der Waals surface area (Å²) in [5, 5.41) is 12.3. The van der Waals surface area contributed by atoms with E-state index in [1.807, 2.05) is 18.2 Å². The number of nitrogens with one attached hydrogen (secondary N) is 3. The smallest absolute Gasteiger partial charge is 0.254 e. The van der Waals surface area contributed by atoms with Gasteiger partial charge in [-0.15, -0.1) is 0 Å². The zero-order valence-electron chi connectivity index (χ0n) is 21.8. The van der Waals surface area contributed by atoms with Crippen molar-refractivity contribution in [1.82, 2.24) is 30.4 Å². The van der Waals surface area contributed by atoms with Crippen LogP contribution in [0, 0.1) is 0 Å². The minimum atomic E-state index is -1.39. The number of H-pyrrole nitrogens is 1. The van der Waals surface area contributed by atoms with Crippen LogP contribution in [0.3, 0.4) is 0 Å². The maximum Gasteiger partial charge on any atom is 0.254 e. The van der Waals surface area contributed by atoms with Crippen molar-refractivity contribution in [3.8, 4) is 16.9 Å². The number of carbonyl (C=O) groups excluding carboxylic acids is 3. The SMILES string of the molecule is COc1ccc2c(c1)C(=O)N(C[C@@]1(c3cc4nc(Nc5ccc(-c6cn[nH]c6)cn5)ccc4o3)CC(=O)NC1=O)C2. The lowest BCUT2D eigenvalue weighted by molar-refractivity contribution is -0.127. The Morgan fingerprint density at radius 2 is 1.93 bits per heavy atom. The number of aromatic amines is 1. The number of methoxy groups -OCH3 is 1. The number of aromatic nitrogens is 4. The number of imide groups is 1. The predicted molar refractivity (Wildman–Crippen MR) is 146 cm³/mol. The van der Waals surface area contributed by atoms with E-state index < -0.39 is 17.2 Å². The van der Waals surface area contributed by atoms with Crippen LogP contribution in [0.1, 0.15) is 28.1 Å². The molecule has 0 bridgehead atoms. The molecule has 5 aromatic rings. The maximum absolute atomic E-state index is 13.3. The second kappa shape index (κ2) is 9.30. The van der Waals surface area contributed by atoms with Crippen LogP contribution >= 0.6 is 0 Å². The molecule has 3 N–H and O–H groups in total. The van der Waals surface area contributed by atoms with Gasteiger partial charge in [0.05, 0.1) is 19.7 Å². The number of benzene rings is 1. The van der Waals surface area contributed by atoms with Crippen molar-refractivity contribution < 1.29 is 23.5 Å². The fourth-order valence-corrected chi connectivity index (χ4v) is 5.38. The van der Waals surface area contributed by atoms with Gasteiger partial charge in [-0.25, -0.2) is 9.97 Å². The Morgan fingerprint density at radius 3 is 2.66 bits per heavy atom. The highest BCUT2D eigenvalue weighted by molar-refractivity contribution is 6.10. The van der Waals surface area contributed by atoms with Crippen molar-refractivity contribution in [3.05, 3.63) is 84.0 Å². The van der Waals surface area contributed by atoms with Gasteiger partial charge in [-0.2, -0.15) is 5.10 Å². The molecule has 0 spiro atoms. The molecule has 0 unspecified atom stereocenters.